The maximum absolute atomic E-state index is 12.8. The van der Waals surface area contributed by atoms with E-state index in [4.69, 9.17) is 4.98 Å². The normalized spacial score (nSPS) is 17.3. The summed E-state index contributed by atoms with van der Waals surface area (Å²) in [5.74, 6) is 0.535. The summed E-state index contributed by atoms with van der Waals surface area (Å²) in [4.78, 5) is 35.8. The first-order valence-electron chi connectivity index (χ1n) is 12.3. The van der Waals surface area contributed by atoms with E-state index in [0.717, 1.165) is 73.9 Å². The fraction of sp³-hybridized carbons (Fsp3) is 0.462. The number of amides is 1. The number of nitrogens with zero attached hydrogens (tertiary/aromatic N) is 4. The lowest BCUT2D eigenvalue weighted by molar-refractivity contribution is -0.119. The van der Waals surface area contributed by atoms with Gasteiger partial charge in [-0.15, -0.1) is 0 Å². The van der Waals surface area contributed by atoms with Gasteiger partial charge in [0.15, 0.2) is 0 Å². The summed E-state index contributed by atoms with van der Waals surface area (Å²) in [6, 6.07) is 10.4. The lowest BCUT2D eigenvalue weighted by Crippen LogP contribution is -2.44. The molecule has 2 aromatic heterocycles. The summed E-state index contributed by atoms with van der Waals surface area (Å²) in [6.07, 6.45) is 8.07. The molecule has 34 heavy (non-hydrogen) atoms. The number of hydrogen-bond donors (Lipinski definition) is 2. The Bertz CT molecular complexity index is 1240. The molecule has 8 nitrogen and oxygen atoms in total. The number of carbonyl (C=O) groups is 1. The maximum Gasteiger partial charge on any atom is 0.252 e. The van der Waals surface area contributed by atoms with Crippen LogP contribution in [0.25, 0.3) is 11.0 Å². The van der Waals surface area contributed by atoms with E-state index in [9.17, 15) is 9.59 Å². The first-order chi connectivity index (χ1) is 16.5. The van der Waals surface area contributed by atoms with E-state index < -0.39 is 0 Å². The minimum atomic E-state index is 0.0215. The molecule has 8 heteroatoms. The Labute approximate surface area is 199 Å². The van der Waals surface area contributed by atoms with Gasteiger partial charge in [-0.3, -0.25) is 14.2 Å². The van der Waals surface area contributed by atoms with Crippen LogP contribution in [-0.2, 0) is 4.79 Å². The van der Waals surface area contributed by atoms with Gasteiger partial charge in [0.2, 0.25) is 11.9 Å². The Balaban J connectivity index is 1.33. The standard InChI is InChI=1S/C26H32N6O2/c1-17-15-24(34)32(22-5-3-4-6-22)25-23(17)16-27-26(30-25)29-19-7-9-21(10-8-19)31-13-11-20(12-14-31)28-18(2)33/h7-10,15-16,20,22H,3-6,11-14H2,1-2H3,(H,28,33)(H,27,29,30). The van der Waals surface area contributed by atoms with Crippen LogP contribution in [0.15, 0.2) is 41.3 Å². The molecule has 2 aliphatic rings. The highest BCUT2D eigenvalue weighted by Crippen LogP contribution is 2.31. The van der Waals surface area contributed by atoms with Crippen LogP contribution in [0.4, 0.5) is 17.3 Å². The molecule has 0 spiro atoms. The quantitative estimate of drug-likeness (QED) is 0.597. The number of aromatic nitrogens is 3. The zero-order valence-corrected chi connectivity index (χ0v) is 19.9. The second-order valence-corrected chi connectivity index (χ2v) is 9.54. The van der Waals surface area contributed by atoms with Gasteiger partial charge in [0.25, 0.3) is 5.56 Å². The molecule has 5 rings (SSSR count). The van der Waals surface area contributed by atoms with Gasteiger partial charge < -0.3 is 15.5 Å². The van der Waals surface area contributed by atoms with Crippen LogP contribution < -0.4 is 21.1 Å². The first-order valence-corrected chi connectivity index (χ1v) is 12.3. The molecule has 178 valence electrons. The number of pyridine rings is 1. The lowest BCUT2D eigenvalue weighted by atomic mass is 10.0. The molecular formula is C26H32N6O2. The maximum atomic E-state index is 12.8. The second kappa shape index (κ2) is 9.44. The molecule has 1 saturated carbocycles. The van der Waals surface area contributed by atoms with Crippen molar-refractivity contribution < 1.29 is 4.79 Å². The van der Waals surface area contributed by atoms with Crippen molar-refractivity contribution in [1.29, 1.82) is 0 Å². The van der Waals surface area contributed by atoms with Crippen molar-refractivity contribution in [3.8, 4) is 0 Å². The van der Waals surface area contributed by atoms with Gasteiger partial charge in [0.05, 0.1) is 0 Å². The second-order valence-electron chi connectivity index (χ2n) is 9.54. The molecule has 2 fully saturated rings. The number of aryl methyl sites for hydroxylation is 1. The van der Waals surface area contributed by atoms with Gasteiger partial charge in [0.1, 0.15) is 5.65 Å². The van der Waals surface area contributed by atoms with Gasteiger partial charge in [0, 0.05) is 61.1 Å². The van der Waals surface area contributed by atoms with Crippen LogP contribution in [0.2, 0.25) is 0 Å². The number of benzene rings is 1. The van der Waals surface area contributed by atoms with Crippen molar-refractivity contribution in [2.24, 2.45) is 0 Å². The largest absolute Gasteiger partial charge is 0.371 e. The fourth-order valence-electron chi connectivity index (χ4n) is 5.30. The van der Waals surface area contributed by atoms with E-state index in [-0.39, 0.29) is 23.6 Å². The summed E-state index contributed by atoms with van der Waals surface area (Å²) in [5.41, 5.74) is 3.71. The molecule has 0 bridgehead atoms. The van der Waals surface area contributed by atoms with Gasteiger partial charge in [-0.1, -0.05) is 12.8 Å². The molecule has 1 aliphatic heterocycles. The molecule has 0 atom stereocenters. The van der Waals surface area contributed by atoms with Crippen LogP contribution in [0.1, 0.15) is 57.1 Å². The number of nitrogens with one attached hydrogen (secondary N) is 2. The molecule has 2 N–H and O–H groups in total. The zero-order valence-electron chi connectivity index (χ0n) is 19.9. The number of hydrogen-bond acceptors (Lipinski definition) is 6. The Morgan fingerprint density at radius 3 is 2.44 bits per heavy atom. The summed E-state index contributed by atoms with van der Waals surface area (Å²) >= 11 is 0. The van der Waals surface area contributed by atoms with E-state index in [0.29, 0.717) is 11.6 Å². The van der Waals surface area contributed by atoms with Crippen LogP contribution in [0.5, 0.6) is 0 Å². The van der Waals surface area contributed by atoms with Crippen molar-refractivity contribution >= 4 is 34.3 Å². The van der Waals surface area contributed by atoms with E-state index in [1.165, 1.54) is 0 Å². The molecule has 1 saturated heterocycles. The molecule has 3 heterocycles. The molecule has 1 aromatic carbocycles. The average Bonchev–Trinajstić information content (AvgIpc) is 3.34. The SMILES string of the molecule is CC(=O)NC1CCN(c2ccc(Nc3ncc4c(C)cc(=O)n(C5CCCC5)c4n3)cc2)CC1. The van der Waals surface area contributed by atoms with Crippen LogP contribution in [-0.4, -0.2) is 39.6 Å². The minimum Gasteiger partial charge on any atom is -0.371 e. The number of anilines is 3. The fourth-order valence-corrected chi connectivity index (χ4v) is 5.30. The summed E-state index contributed by atoms with van der Waals surface area (Å²) in [7, 11) is 0. The molecule has 3 aromatic rings. The van der Waals surface area contributed by atoms with E-state index in [2.05, 4.69) is 32.7 Å². The Kier molecular flexibility index (Phi) is 6.22. The van der Waals surface area contributed by atoms with Gasteiger partial charge in [-0.05, 0) is 62.4 Å². The summed E-state index contributed by atoms with van der Waals surface area (Å²) in [6.45, 7) is 5.36. The minimum absolute atomic E-state index is 0.0215. The summed E-state index contributed by atoms with van der Waals surface area (Å²) < 4.78 is 1.87. The van der Waals surface area contributed by atoms with Crippen molar-refractivity contribution in [3.63, 3.8) is 0 Å². The monoisotopic (exact) mass is 460 g/mol. The van der Waals surface area contributed by atoms with Crippen LogP contribution >= 0.6 is 0 Å². The molecular weight excluding hydrogens is 428 g/mol. The van der Waals surface area contributed by atoms with Crippen molar-refractivity contribution in [1.82, 2.24) is 19.9 Å². The number of rotatable bonds is 5. The predicted molar refractivity (Wildman–Crippen MR) is 135 cm³/mol. The third-order valence-corrected chi connectivity index (χ3v) is 7.08. The molecule has 0 unspecified atom stereocenters. The topological polar surface area (TPSA) is 92.2 Å². The summed E-state index contributed by atoms with van der Waals surface area (Å²) in [5, 5.41) is 7.25. The van der Waals surface area contributed by atoms with Crippen molar-refractivity contribution in [2.45, 2.75) is 64.5 Å². The van der Waals surface area contributed by atoms with E-state index in [1.807, 2.05) is 29.8 Å². The lowest BCUT2D eigenvalue weighted by Gasteiger charge is -2.33. The smallest absolute Gasteiger partial charge is 0.252 e. The van der Waals surface area contributed by atoms with Gasteiger partial charge in [-0.25, -0.2) is 4.98 Å². The average molecular weight is 461 g/mol. The first kappa shape index (κ1) is 22.4. The van der Waals surface area contributed by atoms with Gasteiger partial charge >= 0.3 is 0 Å². The molecule has 0 radical (unpaired) electrons. The number of fused-ring (bicyclic) bond motifs is 1. The third kappa shape index (κ3) is 4.62. The van der Waals surface area contributed by atoms with E-state index >= 15 is 0 Å². The zero-order chi connectivity index (χ0) is 23.7. The number of piperidine rings is 1. The Morgan fingerprint density at radius 2 is 1.76 bits per heavy atom. The molecule has 1 amide bonds. The molecule has 1 aliphatic carbocycles. The predicted octanol–water partition coefficient (Wildman–Crippen LogP) is 4.06. The highest BCUT2D eigenvalue weighted by molar-refractivity contribution is 5.79. The van der Waals surface area contributed by atoms with E-state index in [1.54, 1.807) is 13.0 Å². The third-order valence-electron chi connectivity index (χ3n) is 7.08. The van der Waals surface area contributed by atoms with Crippen LogP contribution in [0, 0.1) is 6.92 Å². The number of carbonyl (C=O) groups excluding carboxylic acids is 1. The highest BCUT2D eigenvalue weighted by atomic mass is 16.1. The Morgan fingerprint density at radius 1 is 1.06 bits per heavy atom. The highest BCUT2D eigenvalue weighted by Gasteiger charge is 2.22. The van der Waals surface area contributed by atoms with Gasteiger partial charge in [-0.2, -0.15) is 4.98 Å². The Hall–Kier alpha value is -3.42. The van der Waals surface area contributed by atoms with Crippen molar-refractivity contribution in [3.05, 3.63) is 52.4 Å². The van der Waals surface area contributed by atoms with Crippen LogP contribution in [0.3, 0.4) is 0 Å². The van der Waals surface area contributed by atoms with Crippen molar-refractivity contribution in [2.75, 3.05) is 23.3 Å².